The van der Waals surface area contributed by atoms with Crippen LogP contribution < -0.4 is 10.6 Å². The third-order valence-electron chi connectivity index (χ3n) is 3.18. The maximum absolute atomic E-state index is 11.7. The van der Waals surface area contributed by atoms with Crippen molar-refractivity contribution in [3.8, 4) is 0 Å². The van der Waals surface area contributed by atoms with E-state index in [2.05, 4.69) is 15.6 Å². The Labute approximate surface area is 116 Å². The molecule has 0 aliphatic carbocycles. The molecule has 0 bridgehead atoms. The number of carbonyl (C=O) groups excluding carboxylic acids is 1. The highest BCUT2D eigenvalue weighted by atomic mass is 16.5. The number of rotatable bonds is 5. The van der Waals surface area contributed by atoms with Gasteiger partial charge in [-0.1, -0.05) is 6.07 Å². The number of nitrogens with zero attached hydrogens (tertiary/aromatic N) is 1. The maximum Gasteiger partial charge on any atom is 0.332 e. The van der Waals surface area contributed by atoms with E-state index in [0.29, 0.717) is 19.6 Å². The van der Waals surface area contributed by atoms with E-state index in [1.807, 2.05) is 18.2 Å². The monoisotopic (exact) mass is 279 g/mol. The Morgan fingerprint density at radius 2 is 2.30 bits per heavy atom. The Morgan fingerprint density at radius 1 is 1.45 bits per heavy atom. The van der Waals surface area contributed by atoms with Crippen LogP contribution >= 0.6 is 0 Å². The third kappa shape index (κ3) is 3.45. The van der Waals surface area contributed by atoms with E-state index in [9.17, 15) is 14.7 Å². The lowest BCUT2D eigenvalue weighted by atomic mass is 9.99. The summed E-state index contributed by atoms with van der Waals surface area (Å²) in [4.78, 5) is 27.1. The van der Waals surface area contributed by atoms with Crippen LogP contribution in [0.3, 0.4) is 0 Å². The lowest BCUT2D eigenvalue weighted by molar-refractivity contribution is -0.144. The zero-order chi connectivity index (χ0) is 14.4. The lowest BCUT2D eigenvalue weighted by Gasteiger charge is -2.23. The fourth-order valence-corrected chi connectivity index (χ4v) is 2.00. The van der Waals surface area contributed by atoms with Crippen LogP contribution in [-0.4, -0.2) is 47.4 Å². The molecule has 3 N–H and O–H groups in total. The second-order valence-electron chi connectivity index (χ2n) is 4.64. The number of pyridine rings is 1. The van der Waals surface area contributed by atoms with Crippen LogP contribution in [0.15, 0.2) is 24.4 Å². The van der Waals surface area contributed by atoms with Crippen molar-refractivity contribution in [3.63, 3.8) is 0 Å². The quantitative estimate of drug-likeness (QED) is 0.713. The first-order valence-corrected chi connectivity index (χ1v) is 6.39. The normalized spacial score (nSPS) is 21.4. The van der Waals surface area contributed by atoms with E-state index < -0.39 is 17.5 Å². The molecule has 1 fully saturated rings. The van der Waals surface area contributed by atoms with Gasteiger partial charge in [-0.15, -0.1) is 0 Å². The van der Waals surface area contributed by atoms with Gasteiger partial charge in [0.15, 0.2) is 5.54 Å². The molecule has 2 rings (SSSR count). The highest BCUT2D eigenvalue weighted by Gasteiger charge is 2.43. The van der Waals surface area contributed by atoms with Crippen molar-refractivity contribution < 1.29 is 19.4 Å². The third-order valence-corrected chi connectivity index (χ3v) is 3.18. The summed E-state index contributed by atoms with van der Waals surface area (Å²) in [5, 5.41) is 14.3. The lowest BCUT2D eigenvalue weighted by Crippen LogP contribution is -2.57. The van der Waals surface area contributed by atoms with Crippen LogP contribution in [0.2, 0.25) is 0 Å². The average Bonchev–Trinajstić information content (AvgIpc) is 2.90. The van der Waals surface area contributed by atoms with Gasteiger partial charge in [0.1, 0.15) is 0 Å². The minimum Gasteiger partial charge on any atom is -0.479 e. The number of urea groups is 1. The summed E-state index contributed by atoms with van der Waals surface area (Å²) in [6, 6.07) is 5.05. The van der Waals surface area contributed by atoms with E-state index in [1.165, 1.54) is 0 Å². The van der Waals surface area contributed by atoms with Crippen LogP contribution in [0.4, 0.5) is 4.79 Å². The van der Waals surface area contributed by atoms with E-state index in [4.69, 9.17) is 4.74 Å². The molecule has 1 atom stereocenters. The summed E-state index contributed by atoms with van der Waals surface area (Å²) in [5.74, 6) is -1.07. The van der Waals surface area contributed by atoms with Gasteiger partial charge in [-0.05, 0) is 12.1 Å². The molecule has 108 valence electrons. The molecule has 0 aromatic carbocycles. The van der Waals surface area contributed by atoms with Gasteiger partial charge in [-0.3, -0.25) is 4.98 Å². The van der Waals surface area contributed by atoms with Gasteiger partial charge in [0.2, 0.25) is 0 Å². The molecule has 0 saturated carbocycles. The summed E-state index contributed by atoms with van der Waals surface area (Å²) in [5.41, 5.74) is -0.445. The standard InChI is InChI=1S/C13H17N3O4/c17-11(18)13(5-8-20-9-13)16-12(19)15-7-4-10-3-1-2-6-14-10/h1-3,6H,4-5,7-9H2,(H,17,18)(H2,15,16,19). The maximum atomic E-state index is 11.7. The topological polar surface area (TPSA) is 101 Å². The number of aromatic nitrogens is 1. The fourth-order valence-electron chi connectivity index (χ4n) is 2.00. The molecule has 1 aromatic rings. The highest BCUT2D eigenvalue weighted by molar-refractivity contribution is 5.86. The smallest absolute Gasteiger partial charge is 0.332 e. The van der Waals surface area contributed by atoms with Crippen LogP contribution in [-0.2, 0) is 16.0 Å². The van der Waals surface area contributed by atoms with E-state index >= 15 is 0 Å². The minimum absolute atomic E-state index is 0.00397. The Morgan fingerprint density at radius 3 is 2.90 bits per heavy atom. The Bertz CT molecular complexity index is 472. The number of ether oxygens (including phenoxy) is 1. The van der Waals surface area contributed by atoms with Crippen LogP contribution in [0.5, 0.6) is 0 Å². The predicted molar refractivity (Wildman–Crippen MR) is 70.3 cm³/mol. The Kier molecular flexibility index (Phi) is 4.52. The van der Waals surface area contributed by atoms with E-state index in [0.717, 1.165) is 5.69 Å². The van der Waals surface area contributed by atoms with Crippen molar-refractivity contribution in [1.82, 2.24) is 15.6 Å². The molecule has 1 unspecified atom stereocenters. The van der Waals surface area contributed by atoms with Gasteiger partial charge >= 0.3 is 12.0 Å². The summed E-state index contributed by atoms with van der Waals surface area (Å²) in [7, 11) is 0. The van der Waals surface area contributed by atoms with Crippen molar-refractivity contribution in [2.24, 2.45) is 0 Å². The van der Waals surface area contributed by atoms with Crippen LogP contribution in [0.25, 0.3) is 0 Å². The van der Waals surface area contributed by atoms with Gasteiger partial charge in [0.25, 0.3) is 0 Å². The van der Waals surface area contributed by atoms with Gasteiger partial charge < -0.3 is 20.5 Å². The molecule has 7 nitrogen and oxygen atoms in total. The van der Waals surface area contributed by atoms with Crippen molar-refractivity contribution in [2.75, 3.05) is 19.8 Å². The largest absolute Gasteiger partial charge is 0.479 e. The summed E-state index contributed by atoms with van der Waals surface area (Å²) in [6.07, 6.45) is 2.55. The predicted octanol–water partition coefficient (Wildman–Crippen LogP) is 0.167. The molecular weight excluding hydrogens is 262 g/mol. The zero-order valence-corrected chi connectivity index (χ0v) is 11.0. The van der Waals surface area contributed by atoms with Gasteiger partial charge in [-0.2, -0.15) is 0 Å². The first-order valence-electron chi connectivity index (χ1n) is 6.39. The van der Waals surface area contributed by atoms with Crippen LogP contribution in [0, 0.1) is 0 Å². The Balaban J connectivity index is 1.79. The number of amides is 2. The Hall–Kier alpha value is -2.15. The molecule has 7 heteroatoms. The molecule has 1 aliphatic heterocycles. The summed E-state index contributed by atoms with van der Waals surface area (Å²) < 4.78 is 5.06. The average molecular weight is 279 g/mol. The van der Waals surface area contributed by atoms with Gasteiger partial charge in [0, 0.05) is 37.9 Å². The molecule has 2 amide bonds. The number of carbonyl (C=O) groups is 2. The molecule has 0 radical (unpaired) electrons. The number of carboxylic acid groups (broad SMARTS) is 1. The molecule has 2 heterocycles. The van der Waals surface area contributed by atoms with Gasteiger partial charge in [0.05, 0.1) is 6.61 Å². The van der Waals surface area contributed by atoms with E-state index in [-0.39, 0.29) is 13.0 Å². The second-order valence-corrected chi connectivity index (χ2v) is 4.64. The second kappa shape index (κ2) is 6.33. The molecule has 0 spiro atoms. The van der Waals surface area contributed by atoms with Crippen molar-refractivity contribution in [2.45, 2.75) is 18.4 Å². The number of nitrogens with one attached hydrogen (secondary N) is 2. The fraction of sp³-hybridized carbons (Fsp3) is 0.462. The molecule has 1 saturated heterocycles. The van der Waals surface area contributed by atoms with Crippen molar-refractivity contribution in [3.05, 3.63) is 30.1 Å². The number of hydrogen-bond donors (Lipinski definition) is 3. The summed E-state index contributed by atoms with van der Waals surface area (Å²) >= 11 is 0. The SMILES string of the molecule is O=C(NCCc1ccccn1)NC1(C(=O)O)CCOC1. The van der Waals surface area contributed by atoms with Gasteiger partial charge in [-0.25, -0.2) is 9.59 Å². The first-order chi connectivity index (χ1) is 9.62. The number of aliphatic carboxylic acids is 1. The highest BCUT2D eigenvalue weighted by Crippen LogP contribution is 2.18. The molecule has 20 heavy (non-hydrogen) atoms. The van der Waals surface area contributed by atoms with E-state index in [1.54, 1.807) is 6.20 Å². The minimum atomic E-state index is -1.31. The number of hydrogen-bond acceptors (Lipinski definition) is 4. The first kappa shape index (κ1) is 14.3. The van der Waals surface area contributed by atoms with Crippen LogP contribution in [0.1, 0.15) is 12.1 Å². The van der Waals surface area contributed by atoms with Crippen molar-refractivity contribution >= 4 is 12.0 Å². The molecule has 1 aliphatic rings. The molecule has 1 aromatic heterocycles. The summed E-state index contributed by atoms with van der Waals surface area (Å²) in [6.45, 7) is 0.718. The van der Waals surface area contributed by atoms with Crippen molar-refractivity contribution in [1.29, 1.82) is 0 Å². The number of carboxylic acids is 1. The molecular formula is C13H17N3O4. The zero-order valence-electron chi connectivity index (χ0n) is 11.0.